The molecule has 0 radical (unpaired) electrons. The first-order chi connectivity index (χ1) is 25.8. The van der Waals surface area contributed by atoms with Crippen LogP contribution in [0.15, 0.2) is 200 Å². The zero-order valence-electron chi connectivity index (χ0n) is 28.4. The van der Waals surface area contributed by atoms with E-state index in [9.17, 15) is 0 Å². The van der Waals surface area contributed by atoms with Crippen molar-refractivity contribution < 1.29 is 0 Å². The van der Waals surface area contributed by atoms with Crippen molar-refractivity contribution in [3.63, 3.8) is 0 Å². The van der Waals surface area contributed by atoms with Gasteiger partial charge in [0.1, 0.15) is 0 Å². The largest absolute Gasteiger partial charge is 0.310 e. The van der Waals surface area contributed by atoms with Crippen molar-refractivity contribution in [1.29, 1.82) is 0 Å². The van der Waals surface area contributed by atoms with Crippen LogP contribution in [0.4, 0.5) is 17.1 Å². The number of anilines is 3. The highest BCUT2D eigenvalue weighted by Crippen LogP contribution is 2.46. The minimum absolute atomic E-state index is 1.12. The second kappa shape index (κ2) is 12.7. The highest BCUT2D eigenvalue weighted by molar-refractivity contribution is 7.26. The third-order valence-electron chi connectivity index (χ3n) is 10.3. The normalized spacial score (nSPS) is 11.5. The smallest absolute Gasteiger partial charge is 0.0476 e. The van der Waals surface area contributed by atoms with Gasteiger partial charge in [-0.2, -0.15) is 0 Å². The minimum Gasteiger partial charge on any atom is -0.310 e. The van der Waals surface area contributed by atoms with Crippen molar-refractivity contribution in [2.45, 2.75) is 0 Å². The van der Waals surface area contributed by atoms with Gasteiger partial charge in [-0.1, -0.05) is 158 Å². The summed E-state index contributed by atoms with van der Waals surface area (Å²) in [5.74, 6) is 0. The average molecular weight is 680 g/mol. The summed E-state index contributed by atoms with van der Waals surface area (Å²) in [6.45, 7) is 0. The molecule has 9 aromatic carbocycles. The fourth-order valence-corrected chi connectivity index (χ4v) is 8.98. The van der Waals surface area contributed by atoms with Gasteiger partial charge in [0.05, 0.1) is 0 Å². The second-order valence-corrected chi connectivity index (χ2v) is 14.4. The van der Waals surface area contributed by atoms with E-state index in [0.717, 1.165) is 17.1 Å². The molecule has 244 valence electrons. The van der Waals surface area contributed by atoms with Gasteiger partial charge in [0, 0.05) is 42.6 Å². The standard InChI is InChI=1S/C50H33NS/c1-3-12-34(13-4-1)36-22-26-39(27-23-36)51(40-28-24-37(25-29-40)35-14-5-2-6-15-35)41-30-31-45-48-33-47(43-21-11-17-38-16-7-8-18-42(38)43)44-19-9-10-20-46(44)50(48)52-49(45)32-41/h1-33H. The fourth-order valence-electron chi connectivity index (χ4n) is 7.72. The first kappa shape index (κ1) is 30.4. The zero-order chi connectivity index (χ0) is 34.4. The molecule has 0 aliphatic heterocycles. The monoisotopic (exact) mass is 679 g/mol. The molecule has 0 fully saturated rings. The molecule has 1 nitrogen and oxygen atoms in total. The van der Waals surface area contributed by atoms with Gasteiger partial charge in [0.2, 0.25) is 0 Å². The molecule has 1 aromatic heterocycles. The number of hydrogen-bond acceptors (Lipinski definition) is 2. The average Bonchev–Trinajstić information content (AvgIpc) is 3.60. The summed E-state index contributed by atoms with van der Waals surface area (Å²) in [6.07, 6.45) is 0. The minimum atomic E-state index is 1.12. The predicted octanol–water partition coefficient (Wildman–Crippen LogP) is 14.8. The molecule has 10 aromatic rings. The summed E-state index contributed by atoms with van der Waals surface area (Å²) in [5.41, 5.74) is 10.8. The van der Waals surface area contributed by atoms with Crippen molar-refractivity contribution in [3.05, 3.63) is 200 Å². The Morgan fingerprint density at radius 3 is 1.48 bits per heavy atom. The second-order valence-electron chi connectivity index (χ2n) is 13.3. The van der Waals surface area contributed by atoms with E-state index in [2.05, 4.69) is 205 Å². The van der Waals surface area contributed by atoms with Crippen LogP contribution in [0.1, 0.15) is 0 Å². The van der Waals surface area contributed by atoms with Gasteiger partial charge < -0.3 is 4.90 Å². The molecule has 2 heteroatoms. The van der Waals surface area contributed by atoms with Crippen LogP contribution < -0.4 is 4.90 Å². The lowest BCUT2D eigenvalue weighted by atomic mass is 9.92. The molecule has 0 unspecified atom stereocenters. The van der Waals surface area contributed by atoms with Gasteiger partial charge in [-0.3, -0.25) is 0 Å². The third kappa shape index (κ3) is 5.24. The maximum Gasteiger partial charge on any atom is 0.0476 e. The van der Waals surface area contributed by atoms with Crippen LogP contribution in [0.25, 0.3) is 75.1 Å². The van der Waals surface area contributed by atoms with Gasteiger partial charge in [-0.15, -0.1) is 11.3 Å². The molecule has 0 aliphatic carbocycles. The number of nitrogens with zero attached hydrogens (tertiary/aromatic N) is 1. The first-order valence-corrected chi connectivity index (χ1v) is 18.6. The SMILES string of the molecule is c1ccc(-c2ccc(N(c3ccc(-c4ccccc4)cc3)c3ccc4c(c3)sc3c5ccccc5c(-c5cccc6ccccc56)cc43)cc2)cc1. The number of rotatable bonds is 6. The van der Waals surface area contributed by atoms with E-state index in [1.165, 1.54) is 75.1 Å². The molecule has 0 saturated carbocycles. The molecule has 0 aliphatic rings. The Morgan fingerprint density at radius 2 is 0.827 bits per heavy atom. The molecule has 0 N–H and O–H groups in total. The van der Waals surface area contributed by atoms with Crippen LogP contribution in [-0.2, 0) is 0 Å². The zero-order valence-corrected chi connectivity index (χ0v) is 29.2. The first-order valence-electron chi connectivity index (χ1n) is 17.8. The quantitative estimate of drug-likeness (QED) is 0.169. The van der Waals surface area contributed by atoms with Crippen LogP contribution in [0.3, 0.4) is 0 Å². The van der Waals surface area contributed by atoms with Crippen molar-refractivity contribution in [1.82, 2.24) is 0 Å². The molecule has 0 atom stereocenters. The summed E-state index contributed by atoms with van der Waals surface area (Å²) in [4.78, 5) is 2.38. The Bertz CT molecular complexity index is 2780. The third-order valence-corrected chi connectivity index (χ3v) is 11.5. The molecule has 0 bridgehead atoms. The van der Waals surface area contributed by atoms with Crippen molar-refractivity contribution in [2.75, 3.05) is 4.90 Å². The maximum atomic E-state index is 2.43. The Morgan fingerprint density at radius 1 is 0.308 bits per heavy atom. The summed E-state index contributed by atoms with van der Waals surface area (Å²) >= 11 is 1.89. The molecule has 0 saturated heterocycles. The highest BCUT2D eigenvalue weighted by Gasteiger charge is 2.18. The van der Waals surface area contributed by atoms with Crippen LogP contribution in [-0.4, -0.2) is 0 Å². The molecular formula is C50H33NS. The lowest BCUT2D eigenvalue weighted by Gasteiger charge is -2.26. The topological polar surface area (TPSA) is 3.24 Å². The highest BCUT2D eigenvalue weighted by atomic mass is 32.1. The van der Waals surface area contributed by atoms with Gasteiger partial charge >= 0.3 is 0 Å². The van der Waals surface area contributed by atoms with E-state index in [-0.39, 0.29) is 0 Å². The molecule has 10 rings (SSSR count). The van der Waals surface area contributed by atoms with E-state index in [1.807, 2.05) is 11.3 Å². The molecular weight excluding hydrogens is 647 g/mol. The molecule has 0 spiro atoms. The summed E-state index contributed by atoms with van der Waals surface area (Å²) < 4.78 is 2.61. The van der Waals surface area contributed by atoms with Crippen LogP contribution in [0.2, 0.25) is 0 Å². The fraction of sp³-hybridized carbons (Fsp3) is 0. The number of hydrogen-bond donors (Lipinski definition) is 0. The van der Waals surface area contributed by atoms with Crippen molar-refractivity contribution >= 4 is 70.1 Å². The molecule has 0 amide bonds. The van der Waals surface area contributed by atoms with E-state index < -0.39 is 0 Å². The Hall–Kier alpha value is -6.48. The van der Waals surface area contributed by atoms with Gasteiger partial charge in [-0.05, 0) is 92.0 Å². The van der Waals surface area contributed by atoms with Crippen LogP contribution in [0.5, 0.6) is 0 Å². The van der Waals surface area contributed by atoms with Gasteiger partial charge in [0.15, 0.2) is 0 Å². The number of fused-ring (bicyclic) bond motifs is 6. The van der Waals surface area contributed by atoms with Gasteiger partial charge in [-0.25, -0.2) is 0 Å². The van der Waals surface area contributed by atoms with Crippen molar-refractivity contribution in [2.24, 2.45) is 0 Å². The van der Waals surface area contributed by atoms with E-state index in [1.54, 1.807) is 0 Å². The summed E-state index contributed by atoms with van der Waals surface area (Å²) in [7, 11) is 0. The van der Waals surface area contributed by atoms with Crippen LogP contribution >= 0.6 is 11.3 Å². The Labute approximate surface area is 307 Å². The number of thiophene rings is 1. The lowest BCUT2D eigenvalue weighted by molar-refractivity contribution is 1.29. The Balaban J connectivity index is 1.14. The van der Waals surface area contributed by atoms with Gasteiger partial charge in [0.25, 0.3) is 0 Å². The lowest BCUT2D eigenvalue weighted by Crippen LogP contribution is -2.09. The van der Waals surface area contributed by atoms with E-state index >= 15 is 0 Å². The number of benzene rings is 9. The van der Waals surface area contributed by atoms with E-state index in [4.69, 9.17) is 0 Å². The molecule has 52 heavy (non-hydrogen) atoms. The van der Waals surface area contributed by atoms with Crippen molar-refractivity contribution in [3.8, 4) is 33.4 Å². The predicted molar refractivity (Wildman–Crippen MR) is 225 cm³/mol. The maximum absolute atomic E-state index is 2.43. The molecule has 1 heterocycles. The van der Waals surface area contributed by atoms with E-state index in [0.29, 0.717) is 0 Å². The summed E-state index contributed by atoms with van der Waals surface area (Å²) in [6, 6.07) is 72.8. The summed E-state index contributed by atoms with van der Waals surface area (Å²) in [5, 5.41) is 7.72. The van der Waals surface area contributed by atoms with Crippen LogP contribution in [0, 0.1) is 0 Å². The Kier molecular flexibility index (Phi) is 7.41.